The highest BCUT2D eigenvalue weighted by atomic mass is 32.2. The Morgan fingerprint density at radius 1 is 1.44 bits per heavy atom. The molecule has 0 bridgehead atoms. The Hall–Kier alpha value is -1.13. The van der Waals surface area contributed by atoms with Crippen molar-refractivity contribution < 1.29 is 12.6 Å². The Bertz CT molecular complexity index is 449. The fraction of sp³-hybridized carbons (Fsp3) is 0.333. The van der Waals surface area contributed by atoms with Crippen LogP contribution in [-0.4, -0.2) is 15.0 Å². The molecule has 4 heteroatoms. The van der Waals surface area contributed by atoms with Gasteiger partial charge in [0.25, 0.3) is 10.1 Å². The Morgan fingerprint density at radius 3 is 2.81 bits per heavy atom. The summed E-state index contributed by atoms with van der Waals surface area (Å²) in [5.41, 5.74) is 0.764. The van der Waals surface area contributed by atoms with E-state index in [4.69, 9.17) is 4.18 Å². The van der Waals surface area contributed by atoms with Crippen molar-refractivity contribution in [3.63, 3.8) is 0 Å². The maximum absolute atomic E-state index is 11.7. The minimum Gasteiger partial charge on any atom is -0.266 e. The minimum atomic E-state index is -3.61. The van der Waals surface area contributed by atoms with Crippen LogP contribution in [-0.2, 0) is 14.3 Å². The van der Waals surface area contributed by atoms with E-state index in [9.17, 15) is 8.42 Å². The molecular formula is C12H16O3S. The summed E-state index contributed by atoms with van der Waals surface area (Å²) < 4.78 is 28.3. The Kier molecular flexibility index (Phi) is 4.71. The number of hydrogen-bond acceptors (Lipinski definition) is 3. The zero-order valence-corrected chi connectivity index (χ0v) is 10.2. The van der Waals surface area contributed by atoms with Gasteiger partial charge in [0.1, 0.15) is 0 Å². The molecule has 0 aliphatic heterocycles. The first kappa shape index (κ1) is 12.9. The van der Waals surface area contributed by atoms with Gasteiger partial charge >= 0.3 is 0 Å². The number of hydrogen-bond donors (Lipinski definition) is 0. The van der Waals surface area contributed by atoms with Crippen molar-refractivity contribution in [2.24, 2.45) is 0 Å². The van der Waals surface area contributed by atoms with E-state index in [1.807, 2.05) is 6.92 Å². The molecule has 1 aromatic rings. The van der Waals surface area contributed by atoms with Crippen LogP contribution in [0.5, 0.6) is 0 Å². The fourth-order valence-corrected chi connectivity index (χ4v) is 2.18. The van der Waals surface area contributed by atoms with Gasteiger partial charge in [-0.1, -0.05) is 38.1 Å². The summed E-state index contributed by atoms with van der Waals surface area (Å²) in [5.74, 6) is 0. The lowest BCUT2D eigenvalue weighted by Crippen LogP contribution is -2.07. The SMILES string of the molecule is C=Cc1cccc(S(=O)(=O)OCCCC)c1. The highest BCUT2D eigenvalue weighted by Crippen LogP contribution is 2.15. The zero-order valence-electron chi connectivity index (χ0n) is 9.35. The molecule has 0 aromatic heterocycles. The Balaban J connectivity index is 2.85. The van der Waals surface area contributed by atoms with Crippen LogP contribution < -0.4 is 0 Å². The molecule has 0 fully saturated rings. The molecule has 0 saturated carbocycles. The first-order chi connectivity index (χ1) is 7.60. The van der Waals surface area contributed by atoms with Crippen LogP contribution in [0.1, 0.15) is 25.3 Å². The van der Waals surface area contributed by atoms with Gasteiger partial charge in [-0.2, -0.15) is 8.42 Å². The second-order valence-corrected chi connectivity index (χ2v) is 5.02. The van der Waals surface area contributed by atoms with Crippen molar-refractivity contribution in [1.29, 1.82) is 0 Å². The van der Waals surface area contributed by atoms with E-state index < -0.39 is 10.1 Å². The van der Waals surface area contributed by atoms with Crippen LogP contribution >= 0.6 is 0 Å². The van der Waals surface area contributed by atoms with Crippen LogP contribution in [0.3, 0.4) is 0 Å². The van der Waals surface area contributed by atoms with Crippen LogP contribution in [0.4, 0.5) is 0 Å². The van der Waals surface area contributed by atoms with Crippen LogP contribution in [0.15, 0.2) is 35.7 Å². The van der Waals surface area contributed by atoms with E-state index in [0.29, 0.717) is 0 Å². The van der Waals surface area contributed by atoms with Crippen LogP contribution in [0.25, 0.3) is 6.08 Å². The zero-order chi connectivity index (χ0) is 12.0. The molecule has 16 heavy (non-hydrogen) atoms. The second-order valence-electron chi connectivity index (χ2n) is 3.41. The van der Waals surface area contributed by atoms with Gasteiger partial charge in [0, 0.05) is 0 Å². The molecule has 0 unspecified atom stereocenters. The van der Waals surface area contributed by atoms with Gasteiger partial charge in [0.05, 0.1) is 11.5 Å². The summed E-state index contributed by atoms with van der Waals surface area (Å²) in [7, 11) is -3.61. The van der Waals surface area contributed by atoms with Gasteiger partial charge in [0.2, 0.25) is 0 Å². The van der Waals surface area contributed by atoms with E-state index in [2.05, 4.69) is 6.58 Å². The normalized spacial score (nSPS) is 11.3. The van der Waals surface area contributed by atoms with Gasteiger partial charge in [0.15, 0.2) is 0 Å². The number of benzene rings is 1. The molecule has 1 rings (SSSR count). The van der Waals surface area contributed by atoms with E-state index in [1.165, 1.54) is 6.07 Å². The molecule has 0 radical (unpaired) electrons. The van der Waals surface area contributed by atoms with Crippen molar-refractivity contribution in [3.05, 3.63) is 36.4 Å². The first-order valence-electron chi connectivity index (χ1n) is 5.22. The molecule has 0 amide bonds. The summed E-state index contributed by atoms with van der Waals surface area (Å²) in [6.07, 6.45) is 3.24. The van der Waals surface area contributed by atoms with Crippen molar-refractivity contribution in [2.75, 3.05) is 6.61 Å². The van der Waals surface area contributed by atoms with Crippen molar-refractivity contribution in [1.82, 2.24) is 0 Å². The summed E-state index contributed by atoms with van der Waals surface area (Å²) in [5, 5.41) is 0. The number of rotatable bonds is 6. The predicted molar refractivity (Wildman–Crippen MR) is 64.6 cm³/mol. The summed E-state index contributed by atoms with van der Waals surface area (Å²) in [6.45, 7) is 5.81. The molecule has 0 N–H and O–H groups in total. The van der Waals surface area contributed by atoms with E-state index >= 15 is 0 Å². The quantitative estimate of drug-likeness (QED) is 0.567. The van der Waals surface area contributed by atoms with Gasteiger partial charge in [-0.25, -0.2) is 0 Å². The largest absolute Gasteiger partial charge is 0.296 e. The van der Waals surface area contributed by atoms with Gasteiger partial charge in [-0.15, -0.1) is 0 Å². The third-order valence-corrected chi connectivity index (χ3v) is 3.43. The summed E-state index contributed by atoms with van der Waals surface area (Å²) >= 11 is 0. The molecule has 0 aliphatic carbocycles. The van der Waals surface area contributed by atoms with Gasteiger partial charge in [-0.05, 0) is 24.1 Å². The summed E-state index contributed by atoms with van der Waals surface area (Å²) in [6, 6.07) is 6.54. The highest BCUT2D eigenvalue weighted by Gasteiger charge is 2.14. The van der Waals surface area contributed by atoms with Crippen molar-refractivity contribution in [2.45, 2.75) is 24.7 Å². The Morgan fingerprint density at radius 2 is 2.19 bits per heavy atom. The third kappa shape index (κ3) is 3.47. The molecular weight excluding hydrogens is 224 g/mol. The topological polar surface area (TPSA) is 43.4 Å². The Labute approximate surface area is 96.9 Å². The molecule has 0 aliphatic rings. The van der Waals surface area contributed by atoms with Gasteiger partial charge in [-0.3, -0.25) is 4.18 Å². The van der Waals surface area contributed by atoms with E-state index in [1.54, 1.807) is 24.3 Å². The first-order valence-corrected chi connectivity index (χ1v) is 6.63. The highest BCUT2D eigenvalue weighted by molar-refractivity contribution is 7.86. The monoisotopic (exact) mass is 240 g/mol. The lowest BCUT2D eigenvalue weighted by molar-refractivity contribution is 0.311. The van der Waals surface area contributed by atoms with Gasteiger partial charge < -0.3 is 0 Å². The average molecular weight is 240 g/mol. The molecule has 0 saturated heterocycles. The molecule has 0 atom stereocenters. The lowest BCUT2D eigenvalue weighted by atomic mass is 10.2. The van der Waals surface area contributed by atoms with Crippen molar-refractivity contribution in [3.8, 4) is 0 Å². The standard InChI is InChI=1S/C12H16O3S/c1-3-5-9-15-16(13,14)12-8-6-7-11(4-2)10-12/h4,6-8,10H,2-3,5,9H2,1H3. The average Bonchev–Trinajstić information content (AvgIpc) is 2.29. The van der Waals surface area contributed by atoms with Crippen LogP contribution in [0.2, 0.25) is 0 Å². The minimum absolute atomic E-state index is 0.181. The van der Waals surface area contributed by atoms with E-state index in [0.717, 1.165) is 18.4 Å². The maximum Gasteiger partial charge on any atom is 0.296 e. The fourth-order valence-electron chi connectivity index (χ4n) is 1.18. The van der Waals surface area contributed by atoms with Crippen molar-refractivity contribution >= 4 is 16.2 Å². The van der Waals surface area contributed by atoms with E-state index in [-0.39, 0.29) is 11.5 Å². The molecule has 1 aromatic carbocycles. The van der Waals surface area contributed by atoms with Crippen LogP contribution in [0, 0.1) is 0 Å². The number of unbranched alkanes of at least 4 members (excludes halogenated alkanes) is 1. The molecule has 0 spiro atoms. The maximum atomic E-state index is 11.7. The lowest BCUT2D eigenvalue weighted by Gasteiger charge is -2.05. The second kappa shape index (κ2) is 5.82. The summed E-state index contributed by atoms with van der Waals surface area (Å²) in [4.78, 5) is 0.181. The predicted octanol–water partition coefficient (Wildman–Crippen LogP) is 2.84. The molecule has 3 nitrogen and oxygen atoms in total. The smallest absolute Gasteiger partial charge is 0.266 e. The molecule has 0 heterocycles. The third-order valence-electron chi connectivity index (χ3n) is 2.12. The molecule has 88 valence electrons.